The van der Waals surface area contributed by atoms with Crippen LogP contribution in [0.5, 0.6) is 0 Å². The molecule has 0 spiro atoms. The zero-order valence-corrected chi connectivity index (χ0v) is 10.3. The minimum absolute atomic E-state index is 0.798. The highest BCUT2D eigenvalue weighted by molar-refractivity contribution is 9.10. The van der Waals surface area contributed by atoms with Gasteiger partial charge < -0.3 is 5.32 Å². The predicted octanol–water partition coefficient (Wildman–Crippen LogP) is 2.75. The van der Waals surface area contributed by atoms with Gasteiger partial charge in [0.1, 0.15) is 15.0 Å². The molecule has 1 N–H and O–H groups in total. The molecule has 0 atom stereocenters. The SMILES string of the molecule is CNc1nc2ccsc2n2c(Br)cnc12. The maximum Gasteiger partial charge on any atom is 0.182 e. The summed E-state index contributed by atoms with van der Waals surface area (Å²) in [6, 6.07) is 2.01. The molecule has 4 nitrogen and oxygen atoms in total. The second-order valence-corrected chi connectivity index (χ2v) is 4.77. The molecule has 15 heavy (non-hydrogen) atoms. The largest absolute Gasteiger partial charge is 0.370 e. The number of anilines is 1. The van der Waals surface area contributed by atoms with Crippen molar-refractivity contribution in [3.05, 3.63) is 22.2 Å². The number of halogens is 1. The van der Waals surface area contributed by atoms with Gasteiger partial charge in [-0.3, -0.25) is 4.40 Å². The van der Waals surface area contributed by atoms with Crippen molar-refractivity contribution in [2.75, 3.05) is 12.4 Å². The molecule has 6 heteroatoms. The number of rotatable bonds is 1. The van der Waals surface area contributed by atoms with E-state index in [0.29, 0.717) is 0 Å². The lowest BCUT2D eigenvalue weighted by Crippen LogP contribution is -1.98. The van der Waals surface area contributed by atoms with Gasteiger partial charge in [-0.25, -0.2) is 9.97 Å². The average Bonchev–Trinajstić information content (AvgIpc) is 2.83. The van der Waals surface area contributed by atoms with E-state index < -0.39 is 0 Å². The van der Waals surface area contributed by atoms with Gasteiger partial charge in [0.05, 0.1) is 6.20 Å². The molecule has 76 valence electrons. The molecule has 0 saturated heterocycles. The van der Waals surface area contributed by atoms with Crippen LogP contribution in [0.4, 0.5) is 5.82 Å². The van der Waals surface area contributed by atoms with Crippen molar-refractivity contribution in [2.45, 2.75) is 0 Å². The first-order valence-electron chi connectivity index (χ1n) is 4.39. The van der Waals surface area contributed by atoms with E-state index in [1.807, 2.05) is 18.5 Å². The van der Waals surface area contributed by atoms with Gasteiger partial charge in [-0.05, 0) is 27.4 Å². The van der Waals surface area contributed by atoms with Gasteiger partial charge in [0.25, 0.3) is 0 Å². The van der Waals surface area contributed by atoms with Crippen LogP contribution >= 0.6 is 27.3 Å². The van der Waals surface area contributed by atoms with Gasteiger partial charge in [0, 0.05) is 7.05 Å². The fourth-order valence-corrected chi connectivity index (χ4v) is 2.99. The van der Waals surface area contributed by atoms with Crippen LogP contribution in [-0.2, 0) is 0 Å². The minimum atomic E-state index is 0.798. The molecule has 0 saturated carbocycles. The summed E-state index contributed by atoms with van der Waals surface area (Å²) in [6.45, 7) is 0. The lowest BCUT2D eigenvalue weighted by molar-refractivity contribution is 1.19. The van der Waals surface area contributed by atoms with Crippen molar-refractivity contribution in [3.8, 4) is 0 Å². The number of thiophene rings is 1. The van der Waals surface area contributed by atoms with Crippen molar-refractivity contribution in [3.63, 3.8) is 0 Å². The van der Waals surface area contributed by atoms with E-state index in [2.05, 4.69) is 35.6 Å². The quantitative estimate of drug-likeness (QED) is 0.746. The number of fused-ring (bicyclic) bond motifs is 3. The minimum Gasteiger partial charge on any atom is -0.370 e. The summed E-state index contributed by atoms with van der Waals surface area (Å²) in [5.41, 5.74) is 1.83. The monoisotopic (exact) mass is 282 g/mol. The summed E-state index contributed by atoms with van der Waals surface area (Å²) in [5, 5.41) is 5.09. The molecule has 0 aliphatic carbocycles. The van der Waals surface area contributed by atoms with Crippen LogP contribution in [0.3, 0.4) is 0 Å². The Morgan fingerprint density at radius 2 is 2.40 bits per heavy atom. The lowest BCUT2D eigenvalue weighted by Gasteiger charge is -2.03. The summed E-state index contributed by atoms with van der Waals surface area (Å²) < 4.78 is 3.00. The van der Waals surface area contributed by atoms with Crippen molar-refractivity contribution in [2.24, 2.45) is 0 Å². The molecule has 0 fully saturated rings. The zero-order chi connectivity index (χ0) is 10.4. The summed E-state index contributed by atoms with van der Waals surface area (Å²) in [5.74, 6) is 0.798. The van der Waals surface area contributed by atoms with E-state index >= 15 is 0 Å². The Morgan fingerprint density at radius 1 is 1.53 bits per heavy atom. The van der Waals surface area contributed by atoms with Gasteiger partial charge >= 0.3 is 0 Å². The zero-order valence-electron chi connectivity index (χ0n) is 7.86. The fraction of sp³-hybridized carbons (Fsp3) is 0.111. The van der Waals surface area contributed by atoms with Crippen LogP contribution in [0.2, 0.25) is 0 Å². The number of aromatic nitrogens is 3. The lowest BCUT2D eigenvalue weighted by atomic mass is 10.5. The molecule has 0 aromatic carbocycles. The van der Waals surface area contributed by atoms with Gasteiger partial charge in [0.2, 0.25) is 0 Å². The summed E-state index contributed by atoms with van der Waals surface area (Å²) in [6.07, 6.45) is 1.79. The van der Waals surface area contributed by atoms with Crippen molar-refractivity contribution >= 4 is 49.1 Å². The van der Waals surface area contributed by atoms with Crippen LogP contribution in [0.15, 0.2) is 22.2 Å². The highest BCUT2D eigenvalue weighted by atomic mass is 79.9. The Bertz CT molecular complexity index is 642. The predicted molar refractivity (Wildman–Crippen MR) is 65.6 cm³/mol. The topological polar surface area (TPSA) is 42.2 Å². The fourth-order valence-electron chi connectivity index (χ4n) is 1.58. The number of hydrogen-bond acceptors (Lipinski definition) is 4. The molecule has 3 heterocycles. The highest BCUT2D eigenvalue weighted by Gasteiger charge is 2.11. The van der Waals surface area contributed by atoms with Gasteiger partial charge in [-0.1, -0.05) is 0 Å². The standard InChI is InChI=1S/C9H7BrN4S/c1-11-7-8-12-4-6(10)14(8)9-5(13-7)2-3-15-9/h2-4H,1H3,(H,11,13). The van der Waals surface area contributed by atoms with Crippen LogP contribution in [0, 0.1) is 0 Å². The van der Waals surface area contributed by atoms with Gasteiger partial charge in [-0.2, -0.15) is 0 Å². The van der Waals surface area contributed by atoms with Crippen LogP contribution in [0.25, 0.3) is 16.0 Å². The second-order valence-electron chi connectivity index (χ2n) is 3.06. The number of imidazole rings is 1. The van der Waals surface area contributed by atoms with E-state index in [9.17, 15) is 0 Å². The molecule has 3 aromatic rings. The van der Waals surface area contributed by atoms with E-state index in [4.69, 9.17) is 0 Å². The molecule has 3 rings (SSSR count). The third-order valence-electron chi connectivity index (χ3n) is 2.23. The van der Waals surface area contributed by atoms with E-state index in [-0.39, 0.29) is 0 Å². The molecule has 0 amide bonds. The van der Waals surface area contributed by atoms with Crippen molar-refractivity contribution in [1.29, 1.82) is 0 Å². The second kappa shape index (κ2) is 3.18. The van der Waals surface area contributed by atoms with Gasteiger partial charge in [0.15, 0.2) is 11.5 Å². The van der Waals surface area contributed by atoms with E-state index in [1.54, 1.807) is 17.5 Å². The first-order valence-corrected chi connectivity index (χ1v) is 6.06. The molecule has 0 aliphatic rings. The normalized spacial score (nSPS) is 11.3. The first-order chi connectivity index (χ1) is 7.31. The van der Waals surface area contributed by atoms with Crippen molar-refractivity contribution < 1.29 is 0 Å². The maximum atomic E-state index is 4.49. The molecular weight excluding hydrogens is 276 g/mol. The first kappa shape index (κ1) is 9.11. The Morgan fingerprint density at radius 3 is 3.20 bits per heavy atom. The van der Waals surface area contributed by atoms with Crippen LogP contribution in [-0.4, -0.2) is 21.4 Å². The molecule has 3 aromatic heterocycles. The van der Waals surface area contributed by atoms with Crippen LogP contribution < -0.4 is 5.32 Å². The Labute approximate surface area is 98.1 Å². The van der Waals surface area contributed by atoms with Crippen LogP contribution in [0.1, 0.15) is 0 Å². The Kier molecular flexibility index (Phi) is 1.93. The molecule has 0 radical (unpaired) electrons. The summed E-state index contributed by atoms with van der Waals surface area (Å²) >= 11 is 5.15. The molecule has 0 aliphatic heterocycles. The number of nitrogens with zero attached hydrogens (tertiary/aromatic N) is 3. The Balaban J connectivity index is 2.61. The number of nitrogens with one attached hydrogen (secondary N) is 1. The third kappa shape index (κ3) is 1.18. The van der Waals surface area contributed by atoms with Crippen molar-refractivity contribution in [1.82, 2.24) is 14.4 Å². The Hall–Kier alpha value is -1.14. The maximum absolute atomic E-state index is 4.49. The summed E-state index contributed by atoms with van der Waals surface area (Å²) in [4.78, 5) is 9.91. The van der Waals surface area contributed by atoms with E-state index in [1.165, 1.54) is 0 Å². The van der Waals surface area contributed by atoms with Gasteiger partial charge in [-0.15, -0.1) is 11.3 Å². The molecular formula is C9H7BrN4S. The molecule has 0 bridgehead atoms. The average molecular weight is 283 g/mol. The number of hydrogen-bond donors (Lipinski definition) is 1. The third-order valence-corrected chi connectivity index (χ3v) is 3.67. The van der Waals surface area contributed by atoms with E-state index in [0.717, 1.165) is 26.4 Å². The summed E-state index contributed by atoms with van der Waals surface area (Å²) in [7, 11) is 1.85. The smallest absolute Gasteiger partial charge is 0.182 e. The highest BCUT2D eigenvalue weighted by Crippen LogP contribution is 2.27. The molecule has 0 unspecified atom stereocenters.